The Morgan fingerprint density at radius 3 is 2.52 bits per heavy atom. The fourth-order valence-electron chi connectivity index (χ4n) is 3.00. The standard InChI is InChI=1S/C16H19N3O2/c1-10(2)18-12-6-4-5-7-13(12)19(16(18)21)14-9-8-11(3)17-15(14)20/h4-7,10,14H,3,8-9H2,1-2H3,(H,17,20)/t14-/m1/s1. The lowest BCUT2D eigenvalue weighted by atomic mass is 10.0. The number of carbonyl (C=O) groups is 1. The maximum atomic E-state index is 12.8. The molecular formula is C16H19N3O2. The van der Waals surface area contributed by atoms with Gasteiger partial charge in [-0.2, -0.15) is 0 Å². The lowest BCUT2D eigenvalue weighted by Crippen LogP contribution is -2.40. The van der Waals surface area contributed by atoms with E-state index in [9.17, 15) is 9.59 Å². The zero-order chi connectivity index (χ0) is 15.1. The van der Waals surface area contributed by atoms with Gasteiger partial charge in [-0.25, -0.2) is 4.79 Å². The Balaban J connectivity index is 2.24. The fourth-order valence-corrected chi connectivity index (χ4v) is 3.00. The number of aromatic nitrogens is 2. The molecule has 1 aliphatic rings. The lowest BCUT2D eigenvalue weighted by Gasteiger charge is -2.24. The third-order valence-electron chi connectivity index (χ3n) is 3.96. The second kappa shape index (κ2) is 4.91. The Labute approximate surface area is 122 Å². The van der Waals surface area contributed by atoms with E-state index in [1.165, 1.54) is 0 Å². The Morgan fingerprint density at radius 2 is 1.90 bits per heavy atom. The molecule has 0 radical (unpaired) electrons. The molecule has 1 fully saturated rings. The highest BCUT2D eigenvalue weighted by Crippen LogP contribution is 2.26. The van der Waals surface area contributed by atoms with Gasteiger partial charge < -0.3 is 5.32 Å². The van der Waals surface area contributed by atoms with Crippen LogP contribution in [0.4, 0.5) is 0 Å². The number of allylic oxidation sites excluding steroid dienone is 1. The van der Waals surface area contributed by atoms with E-state index in [0.717, 1.165) is 16.7 Å². The van der Waals surface area contributed by atoms with Gasteiger partial charge in [0.25, 0.3) is 0 Å². The summed E-state index contributed by atoms with van der Waals surface area (Å²) in [6.07, 6.45) is 1.31. The molecule has 0 unspecified atom stereocenters. The first kappa shape index (κ1) is 13.7. The Kier molecular flexibility index (Phi) is 3.20. The van der Waals surface area contributed by atoms with Crippen LogP contribution >= 0.6 is 0 Å². The van der Waals surface area contributed by atoms with Gasteiger partial charge in [-0.3, -0.25) is 13.9 Å². The van der Waals surface area contributed by atoms with Crippen molar-refractivity contribution in [3.63, 3.8) is 0 Å². The van der Waals surface area contributed by atoms with Crippen molar-refractivity contribution in [3.05, 3.63) is 47.0 Å². The van der Waals surface area contributed by atoms with E-state index in [1.807, 2.05) is 38.1 Å². The molecule has 110 valence electrons. The smallest absolute Gasteiger partial charge is 0.329 e. The molecule has 2 heterocycles. The molecule has 1 aliphatic heterocycles. The summed E-state index contributed by atoms with van der Waals surface area (Å²) in [6, 6.07) is 7.20. The minimum absolute atomic E-state index is 0.0465. The first-order valence-corrected chi connectivity index (χ1v) is 7.21. The van der Waals surface area contributed by atoms with Gasteiger partial charge in [0.05, 0.1) is 11.0 Å². The Hall–Kier alpha value is -2.30. The van der Waals surface area contributed by atoms with Crippen LogP contribution in [0.1, 0.15) is 38.8 Å². The van der Waals surface area contributed by atoms with Crippen molar-refractivity contribution in [2.45, 2.75) is 38.8 Å². The largest absolute Gasteiger partial charge is 0.330 e. The maximum Gasteiger partial charge on any atom is 0.330 e. The molecule has 1 amide bonds. The highest BCUT2D eigenvalue weighted by Gasteiger charge is 2.29. The number of hydrogen-bond donors (Lipinski definition) is 1. The molecule has 0 saturated carbocycles. The van der Waals surface area contributed by atoms with Crippen LogP contribution in [0.15, 0.2) is 41.3 Å². The molecule has 3 rings (SSSR count). The Bertz CT molecular complexity index is 782. The predicted molar refractivity (Wildman–Crippen MR) is 82.1 cm³/mol. The van der Waals surface area contributed by atoms with Crippen LogP contribution in [0.5, 0.6) is 0 Å². The summed E-state index contributed by atoms with van der Waals surface area (Å²) in [5.74, 6) is -0.153. The molecular weight excluding hydrogens is 266 g/mol. The van der Waals surface area contributed by atoms with Gasteiger partial charge in [0.15, 0.2) is 0 Å². The van der Waals surface area contributed by atoms with Crippen LogP contribution in [0.25, 0.3) is 11.0 Å². The Morgan fingerprint density at radius 1 is 1.24 bits per heavy atom. The van der Waals surface area contributed by atoms with Crippen molar-refractivity contribution < 1.29 is 4.79 Å². The summed E-state index contributed by atoms with van der Waals surface area (Å²) in [5, 5.41) is 2.76. The van der Waals surface area contributed by atoms with Gasteiger partial charge in [-0.05, 0) is 38.8 Å². The van der Waals surface area contributed by atoms with Crippen molar-refractivity contribution >= 4 is 16.9 Å². The zero-order valence-electron chi connectivity index (χ0n) is 12.3. The summed E-state index contributed by atoms with van der Waals surface area (Å²) in [6.45, 7) is 7.73. The number of para-hydroxylation sites is 2. The van der Waals surface area contributed by atoms with Crippen LogP contribution in [-0.2, 0) is 4.79 Å². The van der Waals surface area contributed by atoms with E-state index in [2.05, 4.69) is 11.9 Å². The number of piperidine rings is 1. The quantitative estimate of drug-likeness (QED) is 0.921. The SMILES string of the molecule is C=C1CC[C@@H](n2c(=O)n(C(C)C)c3ccccc32)C(=O)N1. The maximum absolute atomic E-state index is 12.8. The monoisotopic (exact) mass is 285 g/mol. The van der Waals surface area contributed by atoms with Gasteiger partial charge in [0.1, 0.15) is 6.04 Å². The van der Waals surface area contributed by atoms with Crippen LogP contribution in [0.2, 0.25) is 0 Å². The number of carbonyl (C=O) groups excluding carboxylic acids is 1. The molecule has 5 heteroatoms. The van der Waals surface area contributed by atoms with E-state index < -0.39 is 6.04 Å². The number of rotatable bonds is 2. The van der Waals surface area contributed by atoms with Gasteiger partial charge in [0.2, 0.25) is 5.91 Å². The number of amides is 1. The first-order valence-electron chi connectivity index (χ1n) is 7.21. The van der Waals surface area contributed by atoms with Crippen molar-refractivity contribution in [3.8, 4) is 0 Å². The minimum Gasteiger partial charge on any atom is -0.329 e. The molecule has 2 aromatic rings. The van der Waals surface area contributed by atoms with Crippen LogP contribution in [-0.4, -0.2) is 15.0 Å². The number of nitrogens with one attached hydrogen (secondary N) is 1. The van der Waals surface area contributed by atoms with Crippen molar-refractivity contribution in [1.82, 2.24) is 14.5 Å². The zero-order valence-corrected chi connectivity index (χ0v) is 12.3. The molecule has 5 nitrogen and oxygen atoms in total. The summed E-state index contributed by atoms with van der Waals surface area (Å²) >= 11 is 0. The van der Waals surface area contributed by atoms with Crippen molar-refractivity contribution in [2.75, 3.05) is 0 Å². The second-order valence-corrected chi connectivity index (χ2v) is 5.75. The van der Waals surface area contributed by atoms with E-state index in [1.54, 1.807) is 9.13 Å². The molecule has 1 aromatic heterocycles. The van der Waals surface area contributed by atoms with Crippen molar-refractivity contribution in [1.29, 1.82) is 0 Å². The van der Waals surface area contributed by atoms with Crippen LogP contribution < -0.4 is 11.0 Å². The van der Waals surface area contributed by atoms with E-state index in [0.29, 0.717) is 12.8 Å². The molecule has 0 aliphatic carbocycles. The van der Waals surface area contributed by atoms with Gasteiger partial charge in [0, 0.05) is 11.7 Å². The average Bonchev–Trinajstić information content (AvgIpc) is 2.71. The molecule has 0 bridgehead atoms. The third kappa shape index (κ3) is 2.09. The molecule has 1 aromatic carbocycles. The lowest BCUT2D eigenvalue weighted by molar-refractivity contribution is -0.124. The summed E-state index contributed by atoms with van der Waals surface area (Å²) in [5.41, 5.74) is 2.27. The summed E-state index contributed by atoms with van der Waals surface area (Å²) in [4.78, 5) is 25.0. The van der Waals surface area contributed by atoms with E-state index in [4.69, 9.17) is 0 Å². The third-order valence-corrected chi connectivity index (χ3v) is 3.96. The normalized spacial score (nSPS) is 19.3. The molecule has 21 heavy (non-hydrogen) atoms. The van der Waals surface area contributed by atoms with Gasteiger partial charge >= 0.3 is 5.69 Å². The highest BCUT2D eigenvalue weighted by molar-refractivity contribution is 5.86. The number of imidazole rings is 1. The minimum atomic E-state index is -0.465. The summed E-state index contributed by atoms with van der Waals surface area (Å²) < 4.78 is 3.36. The van der Waals surface area contributed by atoms with Crippen molar-refractivity contribution in [2.24, 2.45) is 0 Å². The molecule has 1 atom stereocenters. The molecule has 1 saturated heterocycles. The fraction of sp³-hybridized carbons (Fsp3) is 0.375. The summed E-state index contributed by atoms with van der Waals surface area (Å²) in [7, 11) is 0. The number of benzene rings is 1. The predicted octanol–water partition coefficient (Wildman–Crippen LogP) is 2.35. The van der Waals surface area contributed by atoms with Gasteiger partial charge in [-0.15, -0.1) is 0 Å². The molecule has 1 N–H and O–H groups in total. The van der Waals surface area contributed by atoms with E-state index >= 15 is 0 Å². The van der Waals surface area contributed by atoms with E-state index in [-0.39, 0.29) is 17.6 Å². The topological polar surface area (TPSA) is 56.0 Å². The molecule has 0 spiro atoms. The van der Waals surface area contributed by atoms with Crippen LogP contribution in [0, 0.1) is 0 Å². The highest BCUT2D eigenvalue weighted by atomic mass is 16.2. The van der Waals surface area contributed by atoms with Gasteiger partial charge in [-0.1, -0.05) is 18.7 Å². The number of hydrogen-bond acceptors (Lipinski definition) is 2. The number of nitrogens with zero attached hydrogens (tertiary/aromatic N) is 2. The first-order chi connectivity index (χ1) is 10.0. The second-order valence-electron chi connectivity index (χ2n) is 5.75. The number of fused-ring (bicyclic) bond motifs is 1. The average molecular weight is 285 g/mol. The van der Waals surface area contributed by atoms with Crippen LogP contribution in [0.3, 0.4) is 0 Å².